The van der Waals surface area contributed by atoms with Crippen LogP contribution in [-0.2, 0) is 11.2 Å². The van der Waals surface area contributed by atoms with Gasteiger partial charge in [-0.2, -0.15) is 4.98 Å². The second-order valence-electron chi connectivity index (χ2n) is 6.94. The maximum Gasteiger partial charge on any atom is 0.222 e. The van der Waals surface area contributed by atoms with Gasteiger partial charge in [0.2, 0.25) is 11.8 Å². The first-order valence-electron chi connectivity index (χ1n) is 9.43. The number of amides is 1. The molecular formula is C21H27N3O3. The Kier molecular flexibility index (Phi) is 6.27. The van der Waals surface area contributed by atoms with E-state index in [0.717, 1.165) is 55.2 Å². The number of nitrogens with zero attached hydrogens (tertiary/aromatic N) is 3. The number of carbonyl (C=O) groups is 1. The first-order valence-corrected chi connectivity index (χ1v) is 9.43. The number of hydrogen-bond donors (Lipinski definition) is 0. The smallest absolute Gasteiger partial charge is 0.222 e. The molecule has 1 saturated heterocycles. The summed E-state index contributed by atoms with van der Waals surface area (Å²) in [5.74, 6) is 2.39. The molecule has 6 heteroatoms. The van der Waals surface area contributed by atoms with Crippen LogP contribution in [0, 0.1) is 13.8 Å². The lowest BCUT2D eigenvalue weighted by atomic mass is 10.1. The Morgan fingerprint density at radius 2 is 1.85 bits per heavy atom. The normalized spacial score (nSPS) is 14.9. The van der Waals surface area contributed by atoms with Gasteiger partial charge in [-0.1, -0.05) is 12.1 Å². The van der Waals surface area contributed by atoms with Crippen LogP contribution >= 0.6 is 0 Å². The Hall–Kier alpha value is -2.63. The minimum Gasteiger partial charge on any atom is -0.497 e. The van der Waals surface area contributed by atoms with E-state index in [4.69, 9.17) is 9.47 Å². The summed E-state index contributed by atoms with van der Waals surface area (Å²) in [5, 5.41) is 0. The molecule has 0 unspecified atom stereocenters. The van der Waals surface area contributed by atoms with Gasteiger partial charge in [0.25, 0.3) is 0 Å². The zero-order valence-electron chi connectivity index (χ0n) is 16.3. The van der Waals surface area contributed by atoms with Crippen molar-refractivity contribution in [1.82, 2.24) is 14.9 Å². The summed E-state index contributed by atoms with van der Waals surface area (Å²) in [4.78, 5) is 23.0. The minimum atomic E-state index is 0.101. The molecule has 1 fully saturated rings. The van der Waals surface area contributed by atoms with E-state index in [1.165, 1.54) is 0 Å². The van der Waals surface area contributed by atoms with Gasteiger partial charge in [-0.05, 0) is 38.0 Å². The molecular weight excluding hydrogens is 342 g/mol. The van der Waals surface area contributed by atoms with E-state index >= 15 is 0 Å². The molecule has 6 nitrogen and oxygen atoms in total. The summed E-state index contributed by atoms with van der Waals surface area (Å²) in [6, 6.07) is 9.74. The zero-order chi connectivity index (χ0) is 19.2. The number of likely N-dealkylation sites (tertiary alicyclic amines) is 1. The number of carbonyl (C=O) groups excluding carboxylic acids is 1. The molecule has 1 aromatic carbocycles. The number of benzene rings is 1. The van der Waals surface area contributed by atoms with E-state index in [1.807, 2.05) is 49.1 Å². The van der Waals surface area contributed by atoms with Crippen LogP contribution < -0.4 is 9.47 Å². The molecule has 27 heavy (non-hydrogen) atoms. The van der Waals surface area contributed by atoms with Crippen molar-refractivity contribution in [1.29, 1.82) is 0 Å². The summed E-state index contributed by atoms with van der Waals surface area (Å²) in [6.07, 6.45) is 3.04. The second kappa shape index (κ2) is 8.84. The van der Waals surface area contributed by atoms with Crippen molar-refractivity contribution in [2.24, 2.45) is 0 Å². The topological polar surface area (TPSA) is 64.5 Å². The highest BCUT2D eigenvalue weighted by atomic mass is 16.5. The van der Waals surface area contributed by atoms with Crippen molar-refractivity contribution in [2.75, 3.05) is 20.2 Å². The fourth-order valence-corrected chi connectivity index (χ4v) is 3.34. The predicted molar refractivity (Wildman–Crippen MR) is 103 cm³/mol. The molecule has 1 amide bonds. The highest BCUT2D eigenvalue weighted by molar-refractivity contribution is 5.76. The molecule has 3 rings (SSSR count). The fraction of sp³-hybridized carbons (Fsp3) is 0.476. The van der Waals surface area contributed by atoms with E-state index in [1.54, 1.807) is 7.11 Å². The number of piperidine rings is 1. The van der Waals surface area contributed by atoms with Gasteiger partial charge >= 0.3 is 0 Å². The molecule has 0 saturated carbocycles. The van der Waals surface area contributed by atoms with Gasteiger partial charge in [-0.25, -0.2) is 4.98 Å². The van der Waals surface area contributed by atoms with Crippen LogP contribution in [0.1, 0.15) is 36.3 Å². The molecule has 1 aromatic heterocycles. The SMILES string of the molecule is COc1ccc(CCC(=O)N2CCC(Oc3cc(C)nc(C)n3)CC2)cc1. The van der Waals surface area contributed by atoms with Crippen molar-refractivity contribution >= 4 is 5.91 Å². The number of aromatic nitrogens is 2. The van der Waals surface area contributed by atoms with Crippen molar-refractivity contribution < 1.29 is 14.3 Å². The maximum absolute atomic E-state index is 12.5. The van der Waals surface area contributed by atoms with Crippen LogP contribution in [0.2, 0.25) is 0 Å². The Labute approximate surface area is 160 Å². The van der Waals surface area contributed by atoms with E-state index in [2.05, 4.69) is 9.97 Å². The number of ether oxygens (including phenoxy) is 2. The number of rotatable bonds is 6. The Balaban J connectivity index is 1.44. The third-order valence-corrected chi connectivity index (χ3v) is 4.81. The van der Waals surface area contributed by atoms with Gasteiger partial charge in [-0.3, -0.25) is 4.79 Å². The van der Waals surface area contributed by atoms with Crippen LogP contribution in [-0.4, -0.2) is 47.1 Å². The standard InChI is InChI=1S/C21H27N3O3/c1-15-14-20(23-16(2)22-15)27-19-10-12-24(13-11-19)21(25)9-6-17-4-7-18(26-3)8-5-17/h4-5,7-8,14,19H,6,9-13H2,1-3H3. The Morgan fingerprint density at radius 1 is 1.15 bits per heavy atom. The summed E-state index contributed by atoms with van der Waals surface area (Å²) in [6.45, 7) is 5.26. The van der Waals surface area contributed by atoms with Gasteiger partial charge in [0, 0.05) is 44.1 Å². The van der Waals surface area contributed by atoms with E-state index in [0.29, 0.717) is 12.3 Å². The van der Waals surface area contributed by atoms with Crippen LogP contribution in [0.3, 0.4) is 0 Å². The number of aryl methyl sites for hydroxylation is 3. The van der Waals surface area contributed by atoms with Gasteiger partial charge in [0.15, 0.2) is 0 Å². The lowest BCUT2D eigenvalue weighted by Gasteiger charge is -2.32. The average molecular weight is 369 g/mol. The summed E-state index contributed by atoms with van der Waals surface area (Å²) >= 11 is 0. The van der Waals surface area contributed by atoms with Gasteiger partial charge < -0.3 is 14.4 Å². The predicted octanol–water partition coefficient (Wildman–Crippen LogP) is 3.10. The van der Waals surface area contributed by atoms with Crippen molar-refractivity contribution in [3.63, 3.8) is 0 Å². The molecule has 0 atom stereocenters. The summed E-state index contributed by atoms with van der Waals surface area (Å²) in [5.41, 5.74) is 2.06. The minimum absolute atomic E-state index is 0.101. The first-order chi connectivity index (χ1) is 13.0. The van der Waals surface area contributed by atoms with E-state index < -0.39 is 0 Å². The fourth-order valence-electron chi connectivity index (χ4n) is 3.34. The van der Waals surface area contributed by atoms with Crippen LogP contribution in [0.5, 0.6) is 11.6 Å². The molecule has 0 spiro atoms. The van der Waals surface area contributed by atoms with Gasteiger partial charge in [0.05, 0.1) is 7.11 Å². The average Bonchev–Trinajstić information content (AvgIpc) is 2.66. The van der Waals surface area contributed by atoms with Crippen molar-refractivity contribution in [3.05, 3.63) is 47.4 Å². The van der Waals surface area contributed by atoms with Crippen LogP contribution in [0.4, 0.5) is 0 Å². The molecule has 144 valence electrons. The van der Waals surface area contributed by atoms with Gasteiger partial charge in [0.1, 0.15) is 17.7 Å². The molecule has 0 bridgehead atoms. The van der Waals surface area contributed by atoms with Crippen LogP contribution in [0.25, 0.3) is 0 Å². The maximum atomic E-state index is 12.5. The lowest BCUT2D eigenvalue weighted by Crippen LogP contribution is -2.42. The molecule has 0 N–H and O–H groups in total. The summed E-state index contributed by atoms with van der Waals surface area (Å²) < 4.78 is 11.2. The molecule has 2 heterocycles. The summed E-state index contributed by atoms with van der Waals surface area (Å²) in [7, 11) is 1.65. The number of hydrogen-bond acceptors (Lipinski definition) is 5. The molecule has 2 aromatic rings. The third-order valence-electron chi connectivity index (χ3n) is 4.81. The quantitative estimate of drug-likeness (QED) is 0.783. The molecule has 1 aliphatic heterocycles. The third kappa shape index (κ3) is 5.42. The van der Waals surface area contributed by atoms with Gasteiger partial charge in [-0.15, -0.1) is 0 Å². The van der Waals surface area contributed by atoms with Crippen LogP contribution in [0.15, 0.2) is 30.3 Å². The second-order valence-corrected chi connectivity index (χ2v) is 6.94. The monoisotopic (exact) mass is 369 g/mol. The molecule has 0 aliphatic carbocycles. The van der Waals surface area contributed by atoms with Crippen molar-refractivity contribution in [3.8, 4) is 11.6 Å². The molecule has 1 aliphatic rings. The largest absolute Gasteiger partial charge is 0.497 e. The highest BCUT2D eigenvalue weighted by Gasteiger charge is 2.24. The first kappa shape index (κ1) is 19.1. The van der Waals surface area contributed by atoms with E-state index in [9.17, 15) is 4.79 Å². The zero-order valence-corrected chi connectivity index (χ0v) is 16.3. The van der Waals surface area contributed by atoms with E-state index in [-0.39, 0.29) is 12.0 Å². The Morgan fingerprint density at radius 3 is 2.48 bits per heavy atom. The molecule has 0 radical (unpaired) electrons. The number of methoxy groups -OCH3 is 1. The lowest BCUT2D eigenvalue weighted by molar-refractivity contribution is -0.132. The highest BCUT2D eigenvalue weighted by Crippen LogP contribution is 2.19. The Bertz CT molecular complexity index is 748. The van der Waals surface area contributed by atoms with Crippen molar-refractivity contribution in [2.45, 2.75) is 45.6 Å².